The van der Waals surface area contributed by atoms with E-state index in [2.05, 4.69) is 33.9 Å². The van der Waals surface area contributed by atoms with Crippen LogP contribution >= 0.6 is 0 Å². The molecule has 0 spiro atoms. The lowest BCUT2D eigenvalue weighted by Gasteiger charge is -2.39. The molecule has 3 aromatic carbocycles. The largest absolute Gasteiger partial charge is 0.478 e. The number of allylic oxidation sites excluding steroid dienone is 1. The molecule has 1 aliphatic carbocycles. The molecule has 3 aromatic rings. The van der Waals surface area contributed by atoms with E-state index in [9.17, 15) is 23.1 Å². The van der Waals surface area contributed by atoms with Gasteiger partial charge in [0.15, 0.2) is 0 Å². The molecule has 0 radical (unpaired) electrons. The van der Waals surface area contributed by atoms with Gasteiger partial charge in [0.2, 0.25) is 0 Å². The summed E-state index contributed by atoms with van der Waals surface area (Å²) < 4.78 is 42.7. The minimum Gasteiger partial charge on any atom is -0.478 e. The molecule has 5 rings (SSSR count). The van der Waals surface area contributed by atoms with Crippen LogP contribution in [0, 0.1) is 12.8 Å². The van der Waals surface area contributed by atoms with E-state index in [0.29, 0.717) is 12.3 Å². The molecular weight excluding hydrogens is 515 g/mol. The molecule has 0 aromatic heterocycles. The lowest BCUT2D eigenvalue weighted by Crippen LogP contribution is -2.47. The third kappa shape index (κ3) is 6.25. The summed E-state index contributed by atoms with van der Waals surface area (Å²) in [6, 6.07) is 19.0. The highest BCUT2D eigenvalue weighted by molar-refractivity contribution is 6.01. The molecule has 1 N–H and O–H groups in total. The van der Waals surface area contributed by atoms with Gasteiger partial charge in [-0.25, -0.2) is 4.79 Å². The van der Waals surface area contributed by atoms with Gasteiger partial charge in [0, 0.05) is 19.6 Å². The van der Waals surface area contributed by atoms with Gasteiger partial charge in [-0.1, -0.05) is 36.4 Å². The number of aromatic carboxylic acids is 1. The van der Waals surface area contributed by atoms with Gasteiger partial charge >= 0.3 is 12.6 Å². The molecule has 0 amide bonds. The third-order valence-corrected chi connectivity index (χ3v) is 7.95. The van der Waals surface area contributed by atoms with Crippen molar-refractivity contribution in [3.05, 3.63) is 99.6 Å². The Hall–Kier alpha value is -3.58. The number of carbonyl (C=O) groups is 1. The van der Waals surface area contributed by atoms with Gasteiger partial charge in [-0.3, -0.25) is 4.39 Å². The van der Waals surface area contributed by atoms with Crippen LogP contribution in [0.15, 0.2) is 60.7 Å². The maximum absolute atomic E-state index is 12.8. The van der Waals surface area contributed by atoms with E-state index in [-0.39, 0.29) is 18.0 Å². The topological polar surface area (TPSA) is 49.8 Å². The number of fused-ring (bicyclic) bond motifs is 1. The molecule has 0 atom stereocenters. The molecule has 210 valence electrons. The van der Waals surface area contributed by atoms with Gasteiger partial charge in [0.05, 0.1) is 12.2 Å². The van der Waals surface area contributed by atoms with E-state index < -0.39 is 12.6 Å². The summed E-state index contributed by atoms with van der Waals surface area (Å²) in [5.74, 6) is -0.251. The number of rotatable bonds is 10. The van der Waals surface area contributed by atoms with Gasteiger partial charge < -0.3 is 14.7 Å². The molecular formula is C33H34F3NO3. The second-order valence-electron chi connectivity index (χ2n) is 10.8. The maximum Gasteiger partial charge on any atom is 0.387 e. The van der Waals surface area contributed by atoms with Crippen LogP contribution in [-0.4, -0.2) is 48.9 Å². The van der Waals surface area contributed by atoms with Crippen LogP contribution in [0.5, 0.6) is 5.75 Å². The highest BCUT2D eigenvalue weighted by Gasteiger charge is 2.26. The first kappa shape index (κ1) is 28.0. The minimum absolute atomic E-state index is 0.127. The van der Waals surface area contributed by atoms with Crippen LogP contribution in [0.2, 0.25) is 0 Å². The van der Waals surface area contributed by atoms with E-state index in [1.54, 1.807) is 24.3 Å². The Morgan fingerprint density at radius 3 is 2.45 bits per heavy atom. The number of hydrogen-bond donors (Lipinski definition) is 1. The predicted octanol–water partition coefficient (Wildman–Crippen LogP) is 7.42. The number of nitrogens with zero attached hydrogens (tertiary/aromatic N) is 1. The van der Waals surface area contributed by atoms with Crippen molar-refractivity contribution in [2.45, 2.75) is 45.6 Å². The Morgan fingerprint density at radius 1 is 1.02 bits per heavy atom. The summed E-state index contributed by atoms with van der Waals surface area (Å²) in [5.41, 5.74) is 8.51. The Balaban J connectivity index is 1.51. The third-order valence-electron chi connectivity index (χ3n) is 7.95. The Labute approximate surface area is 233 Å². The van der Waals surface area contributed by atoms with E-state index in [0.717, 1.165) is 84.3 Å². The lowest BCUT2D eigenvalue weighted by atomic mass is 9.85. The summed E-state index contributed by atoms with van der Waals surface area (Å²) >= 11 is 0. The van der Waals surface area contributed by atoms with E-state index in [4.69, 9.17) is 0 Å². The van der Waals surface area contributed by atoms with Crippen molar-refractivity contribution in [1.29, 1.82) is 0 Å². The molecule has 1 saturated heterocycles. The quantitative estimate of drug-likeness (QED) is 0.286. The number of hydrogen-bond acceptors (Lipinski definition) is 3. The number of likely N-dealkylation sites (tertiary alicyclic amines) is 1. The number of carboxylic acid groups (broad SMARTS) is 1. The van der Waals surface area contributed by atoms with Crippen molar-refractivity contribution in [3.63, 3.8) is 0 Å². The SMILES string of the molecule is Cc1cc(OC(F)F)ccc1C1=C(c2ccc(CC3CN(CCCF)C3)cc2)c2ccc(C(=O)O)cc2CCC1. The van der Waals surface area contributed by atoms with Gasteiger partial charge in [0.25, 0.3) is 0 Å². The molecule has 0 saturated carbocycles. The molecule has 1 heterocycles. The van der Waals surface area contributed by atoms with E-state index in [1.807, 2.05) is 19.1 Å². The Morgan fingerprint density at radius 2 is 1.77 bits per heavy atom. The molecule has 4 nitrogen and oxygen atoms in total. The second kappa shape index (κ2) is 12.3. The molecule has 1 aliphatic heterocycles. The van der Waals surface area contributed by atoms with Crippen LogP contribution in [-0.2, 0) is 12.8 Å². The first-order valence-electron chi connectivity index (χ1n) is 13.9. The summed E-state index contributed by atoms with van der Waals surface area (Å²) in [6.45, 7) is 1.57. The van der Waals surface area contributed by atoms with Crippen molar-refractivity contribution >= 4 is 17.1 Å². The molecule has 2 aliphatic rings. The van der Waals surface area contributed by atoms with Crippen molar-refractivity contribution < 1.29 is 27.8 Å². The van der Waals surface area contributed by atoms with Crippen molar-refractivity contribution in [1.82, 2.24) is 4.90 Å². The zero-order chi connectivity index (χ0) is 28.2. The first-order chi connectivity index (χ1) is 19.3. The first-order valence-corrected chi connectivity index (χ1v) is 13.9. The smallest absolute Gasteiger partial charge is 0.387 e. The normalized spacial score (nSPS) is 16.0. The van der Waals surface area contributed by atoms with Gasteiger partial charge in [-0.2, -0.15) is 8.78 Å². The van der Waals surface area contributed by atoms with Crippen LogP contribution in [0.1, 0.15) is 63.0 Å². The zero-order valence-corrected chi connectivity index (χ0v) is 22.6. The summed E-state index contributed by atoms with van der Waals surface area (Å²) in [6.07, 6.45) is 3.91. The highest BCUT2D eigenvalue weighted by Crippen LogP contribution is 2.41. The Kier molecular flexibility index (Phi) is 8.60. The number of benzene rings is 3. The average Bonchev–Trinajstić information content (AvgIpc) is 3.09. The fraction of sp³-hybridized carbons (Fsp3) is 0.364. The number of ether oxygens (including phenoxy) is 1. The number of alkyl halides is 3. The van der Waals surface area contributed by atoms with E-state index >= 15 is 0 Å². The van der Waals surface area contributed by atoms with Crippen molar-refractivity contribution in [2.75, 3.05) is 26.3 Å². The average molecular weight is 550 g/mol. The maximum atomic E-state index is 12.8. The van der Waals surface area contributed by atoms with Crippen LogP contribution in [0.4, 0.5) is 13.2 Å². The number of carboxylic acids is 1. The van der Waals surface area contributed by atoms with E-state index in [1.165, 1.54) is 5.56 Å². The molecule has 0 bridgehead atoms. The monoisotopic (exact) mass is 549 g/mol. The highest BCUT2D eigenvalue weighted by atomic mass is 19.3. The van der Waals surface area contributed by atoms with Crippen LogP contribution in [0.25, 0.3) is 11.1 Å². The summed E-state index contributed by atoms with van der Waals surface area (Å²) in [4.78, 5) is 14.0. The molecule has 0 unspecified atom stereocenters. The van der Waals surface area contributed by atoms with Crippen molar-refractivity contribution in [3.8, 4) is 5.75 Å². The van der Waals surface area contributed by atoms with Gasteiger partial charge in [0.1, 0.15) is 5.75 Å². The fourth-order valence-electron chi connectivity index (χ4n) is 6.08. The number of halogens is 3. The molecule has 1 fully saturated rings. The fourth-order valence-corrected chi connectivity index (χ4v) is 6.08. The second-order valence-corrected chi connectivity index (χ2v) is 10.8. The molecule has 7 heteroatoms. The standard InChI is InChI=1S/C33H34F3NO3/c1-21-16-27(40-33(35)36)11-13-28(21)30-5-2-4-25-18-26(32(38)39)10-12-29(25)31(30)24-8-6-22(7-9-24)17-23-19-37(20-23)15-3-14-34/h6-13,16,18,23,33H,2-5,14-15,17,19-20H2,1H3,(H,38,39). The van der Waals surface area contributed by atoms with Crippen LogP contribution in [0.3, 0.4) is 0 Å². The predicted molar refractivity (Wildman–Crippen MR) is 151 cm³/mol. The minimum atomic E-state index is -2.88. The summed E-state index contributed by atoms with van der Waals surface area (Å²) in [5, 5.41) is 9.58. The van der Waals surface area contributed by atoms with Gasteiger partial charge in [-0.05, 0) is 114 Å². The Bertz CT molecular complexity index is 1390. The van der Waals surface area contributed by atoms with Crippen molar-refractivity contribution in [2.24, 2.45) is 5.92 Å². The number of aryl methyl sites for hydroxylation is 2. The summed E-state index contributed by atoms with van der Waals surface area (Å²) in [7, 11) is 0. The lowest BCUT2D eigenvalue weighted by molar-refractivity contribution is -0.0498. The zero-order valence-electron chi connectivity index (χ0n) is 22.6. The molecule has 40 heavy (non-hydrogen) atoms. The van der Waals surface area contributed by atoms with Crippen LogP contribution < -0.4 is 4.74 Å². The van der Waals surface area contributed by atoms with Gasteiger partial charge in [-0.15, -0.1) is 0 Å².